The molecule has 0 aliphatic heterocycles. The number of ether oxygens (including phenoxy) is 1. The molecule has 2 rings (SSSR count). The van der Waals surface area contributed by atoms with E-state index in [-0.39, 0.29) is 11.6 Å². The van der Waals surface area contributed by atoms with Gasteiger partial charge in [-0.05, 0) is 12.5 Å². The van der Waals surface area contributed by atoms with Gasteiger partial charge in [-0.3, -0.25) is 15.1 Å². The Hall–Kier alpha value is -2.02. The predicted octanol–water partition coefficient (Wildman–Crippen LogP) is 1.76. The van der Waals surface area contributed by atoms with Crippen LogP contribution in [0.15, 0.2) is 18.3 Å². The Balaban J connectivity index is 2.11. The van der Waals surface area contributed by atoms with Gasteiger partial charge in [0.15, 0.2) is 0 Å². The summed E-state index contributed by atoms with van der Waals surface area (Å²) in [6.45, 7) is 1.98. The second-order valence-electron chi connectivity index (χ2n) is 3.39. The maximum absolute atomic E-state index is 11.9. The van der Waals surface area contributed by atoms with Crippen molar-refractivity contribution in [3.8, 4) is 5.75 Å². The number of aryl methyl sites for hydroxylation is 1. The molecule has 1 N–H and O–H groups in total. The number of methoxy groups -OCH3 is 1. The van der Waals surface area contributed by atoms with E-state index >= 15 is 0 Å². The van der Waals surface area contributed by atoms with Gasteiger partial charge in [-0.15, -0.1) is 10.2 Å². The van der Waals surface area contributed by atoms with Crippen LogP contribution in [0.5, 0.6) is 5.75 Å². The molecule has 1 amide bonds. The number of pyridine rings is 1. The largest absolute Gasteiger partial charge is 0.497 e. The molecule has 18 heavy (non-hydrogen) atoms. The van der Waals surface area contributed by atoms with Crippen LogP contribution < -0.4 is 10.1 Å². The summed E-state index contributed by atoms with van der Waals surface area (Å²) in [5.41, 5.74) is 0.280. The fourth-order valence-corrected chi connectivity index (χ4v) is 1.95. The van der Waals surface area contributed by atoms with Crippen LogP contribution in [0.2, 0.25) is 0 Å². The van der Waals surface area contributed by atoms with Crippen LogP contribution in [-0.2, 0) is 6.42 Å². The topological polar surface area (TPSA) is 77.0 Å². The lowest BCUT2D eigenvalue weighted by Crippen LogP contribution is -2.13. The van der Waals surface area contributed by atoms with Crippen molar-refractivity contribution in [1.82, 2.24) is 15.2 Å². The van der Waals surface area contributed by atoms with E-state index in [1.807, 2.05) is 6.92 Å². The third kappa shape index (κ3) is 2.80. The quantitative estimate of drug-likeness (QED) is 0.910. The zero-order chi connectivity index (χ0) is 13.0. The summed E-state index contributed by atoms with van der Waals surface area (Å²) < 4.78 is 5.03. The molecular formula is C11H12N4O2S. The molecule has 2 heterocycles. The zero-order valence-electron chi connectivity index (χ0n) is 10.0. The first-order chi connectivity index (χ1) is 8.72. The molecule has 0 radical (unpaired) electrons. The van der Waals surface area contributed by atoms with Gasteiger partial charge < -0.3 is 4.74 Å². The van der Waals surface area contributed by atoms with Crippen LogP contribution in [0, 0.1) is 0 Å². The highest BCUT2D eigenvalue weighted by Gasteiger charge is 2.11. The standard InChI is InChI=1S/C11H12N4O2S/c1-3-9-14-15-11(18-9)13-10(16)8-6-7(17-2)4-5-12-8/h4-6H,3H2,1-2H3,(H,13,15,16). The number of carbonyl (C=O) groups excluding carboxylic acids is 1. The van der Waals surface area contributed by atoms with Crippen LogP contribution in [0.4, 0.5) is 5.13 Å². The fourth-order valence-electron chi connectivity index (χ4n) is 1.27. The Morgan fingerprint density at radius 3 is 3.00 bits per heavy atom. The molecule has 2 aromatic rings. The first-order valence-corrected chi connectivity index (χ1v) is 6.18. The highest BCUT2D eigenvalue weighted by Crippen LogP contribution is 2.17. The number of hydrogen-bond donors (Lipinski definition) is 1. The number of carbonyl (C=O) groups is 1. The van der Waals surface area contributed by atoms with Gasteiger partial charge in [0.2, 0.25) is 5.13 Å². The summed E-state index contributed by atoms with van der Waals surface area (Å²) in [5, 5.41) is 11.8. The highest BCUT2D eigenvalue weighted by atomic mass is 32.1. The van der Waals surface area contributed by atoms with Crippen LogP contribution in [0.3, 0.4) is 0 Å². The van der Waals surface area contributed by atoms with Gasteiger partial charge in [-0.2, -0.15) is 0 Å². The Kier molecular flexibility index (Phi) is 3.83. The van der Waals surface area contributed by atoms with Gasteiger partial charge in [-0.1, -0.05) is 18.3 Å². The summed E-state index contributed by atoms with van der Waals surface area (Å²) >= 11 is 1.35. The second kappa shape index (κ2) is 5.54. The van der Waals surface area contributed by atoms with Crippen molar-refractivity contribution in [1.29, 1.82) is 0 Å². The second-order valence-corrected chi connectivity index (χ2v) is 4.45. The zero-order valence-corrected chi connectivity index (χ0v) is 10.8. The molecule has 0 aliphatic carbocycles. The number of hydrogen-bond acceptors (Lipinski definition) is 6. The molecule has 0 atom stereocenters. The molecule has 0 aromatic carbocycles. The minimum absolute atomic E-state index is 0.280. The summed E-state index contributed by atoms with van der Waals surface area (Å²) in [5.74, 6) is 0.259. The van der Waals surface area contributed by atoms with E-state index in [4.69, 9.17) is 4.74 Å². The van der Waals surface area contributed by atoms with Crippen molar-refractivity contribution in [3.63, 3.8) is 0 Å². The van der Waals surface area contributed by atoms with Crippen LogP contribution in [0.25, 0.3) is 0 Å². The fraction of sp³-hybridized carbons (Fsp3) is 0.273. The van der Waals surface area contributed by atoms with Gasteiger partial charge in [0, 0.05) is 12.3 Å². The molecule has 6 nitrogen and oxygen atoms in total. The third-order valence-corrected chi connectivity index (χ3v) is 3.17. The predicted molar refractivity (Wildman–Crippen MR) is 68.0 cm³/mol. The monoisotopic (exact) mass is 264 g/mol. The van der Waals surface area contributed by atoms with Gasteiger partial charge in [0.25, 0.3) is 5.91 Å². The van der Waals surface area contributed by atoms with E-state index in [9.17, 15) is 4.79 Å². The summed E-state index contributed by atoms with van der Waals surface area (Å²) in [7, 11) is 1.54. The normalized spacial score (nSPS) is 10.1. The van der Waals surface area contributed by atoms with Crippen molar-refractivity contribution in [2.75, 3.05) is 12.4 Å². The van der Waals surface area contributed by atoms with Gasteiger partial charge in [-0.25, -0.2) is 0 Å². The Labute approximate surface area is 108 Å². The molecule has 94 valence electrons. The minimum Gasteiger partial charge on any atom is -0.497 e. The summed E-state index contributed by atoms with van der Waals surface area (Å²) in [4.78, 5) is 15.9. The van der Waals surface area contributed by atoms with Crippen molar-refractivity contribution in [2.24, 2.45) is 0 Å². The average molecular weight is 264 g/mol. The lowest BCUT2D eigenvalue weighted by Gasteiger charge is -2.02. The van der Waals surface area contributed by atoms with Crippen molar-refractivity contribution < 1.29 is 9.53 Å². The molecule has 0 saturated heterocycles. The van der Waals surface area contributed by atoms with E-state index in [1.165, 1.54) is 24.6 Å². The maximum atomic E-state index is 11.9. The van der Waals surface area contributed by atoms with E-state index in [0.717, 1.165) is 11.4 Å². The number of amides is 1. The SMILES string of the molecule is CCc1nnc(NC(=O)c2cc(OC)ccn2)s1. The van der Waals surface area contributed by atoms with Crippen LogP contribution in [0.1, 0.15) is 22.4 Å². The van der Waals surface area contributed by atoms with Crippen molar-refractivity contribution in [3.05, 3.63) is 29.0 Å². The number of anilines is 1. The third-order valence-electron chi connectivity index (χ3n) is 2.19. The molecule has 0 spiro atoms. The number of rotatable bonds is 4. The average Bonchev–Trinajstić information content (AvgIpc) is 2.86. The van der Waals surface area contributed by atoms with E-state index in [0.29, 0.717) is 10.9 Å². The number of aromatic nitrogens is 3. The molecule has 0 saturated carbocycles. The smallest absolute Gasteiger partial charge is 0.276 e. The van der Waals surface area contributed by atoms with Crippen molar-refractivity contribution >= 4 is 22.4 Å². The lowest BCUT2D eigenvalue weighted by atomic mass is 10.3. The lowest BCUT2D eigenvalue weighted by molar-refractivity contribution is 0.102. The Morgan fingerprint density at radius 2 is 2.33 bits per heavy atom. The van der Waals surface area contributed by atoms with Gasteiger partial charge >= 0.3 is 0 Å². The van der Waals surface area contributed by atoms with Crippen LogP contribution in [-0.4, -0.2) is 28.2 Å². The number of nitrogens with one attached hydrogen (secondary N) is 1. The summed E-state index contributed by atoms with van der Waals surface area (Å²) in [6, 6.07) is 3.24. The molecular weight excluding hydrogens is 252 g/mol. The Morgan fingerprint density at radius 1 is 1.50 bits per heavy atom. The van der Waals surface area contributed by atoms with E-state index in [1.54, 1.807) is 12.1 Å². The molecule has 0 unspecified atom stereocenters. The molecule has 0 fully saturated rings. The first kappa shape index (κ1) is 12.4. The van der Waals surface area contributed by atoms with Gasteiger partial charge in [0.1, 0.15) is 16.5 Å². The highest BCUT2D eigenvalue weighted by molar-refractivity contribution is 7.15. The summed E-state index contributed by atoms with van der Waals surface area (Å²) in [6.07, 6.45) is 2.32. The number of nitrogens with zero attached hydrogens (tertiary/aromatic N) is 3. The van der Waals surface area contributed by atoms with Crippen LogP contribution >= 0.6 is 11.3 Å². The van der Waals surface area contributed by atoms with Gasteiger partial charge in [0.05, 0.1) is 7.11 Å². The Bertz CT molecular complexity index is 555. The molecule has 7 heteroatoms. The van der Waals surface area contributed by atoms with E-state index in [2.05, 4.69) is 20.5 Å². The minimum atomic E-state index is -0.326. The first-order valence-electron chi connectivity index (χ1n) is 5.36. The molecule has 0 bridgehead atoms. The molecule has 2 aromatic heterocycles. The van der Waals surface area contributed by atoms with Crippen molar-refractivity contribution in [2.45, 2.75) is 13.3 Å². The van der Waals surface area contributed by atoms with E-state index < -0.39 is 0 Å². The maximum Gasteiger partial charge on any atom is 0.276 e. The molecule has 0 aliphatic rings.